The molecule has 0 unspecified atom stereocenters. The zero-order valence-electron chi connectivity index (χ0n) is 10.9. The van der Waals surface area contributed by atoms with Crippen molar-refractivity contribution in [2.45, 2.75) is 6.54 Å². The zero-order chi connectivity index (χ0) is 14.7. The highest BCUT2D eigenvalue weighted by atomic mass is 32.1. The van der Waals surface area contributed by atoms with Gasteiger partial charge in [0, 0.05) is 24.7 Å². The van der Waals surface area contributed by atoms with Crippen LogP contribution in [0.2, 0.25) is 0 Å². The van der Waals surface area contributed by atoms with Crippen LogP contribution < -0.4 is 10.6 Å². The molecule has 0 saturated heterocycles. The van der Waals surface area contributed by atoms with Gasteiger partial charge in [0.25, 0.3) is 0 Å². The topological polar surface area (TPSA) is 29.3 Å². The number of halogens is 2. The molecule has 2 rings (SSSR count). The number of hydrogen-bond donors (Lipinski definition) is 1. The number of thiocarbonyl (C=S) groups is 1. The lowest BCUT2D eigenvalue weighted by molar-refractivity contribution is 0.601. The molecule has 0 aliphatic rings. The van der Waals surface area contributed by atoms with E-state index in [-0.39, 0.29) is 23.2 Å². The zero-order valence-corrected chi connectivity index (χ0v) is 11.8. The molecule has 0 fully saturated rings. The van der Waals surface area contributed by atoms with Crippen molar-refractivity contribution in [1.29, 1.82) is 0 Å². The minimum Gasteiger partial charge on any atom is -0.389 e. The molecule has 0 atom stereocenters. The van der Waals surface area contributed by atoms with Crippen molar-refractivity contribution in [2.75, 3.05) is 11.9 Å². The molecule has 2 nitrogen and oxygen atoms in total. The molecule has 0 aliphatic carbocycles. The predicted molar refractivity (Wildman–Crippen MR) is 80.8 cm³/mol. The quantitative estimate of drug-likeness (QED) is 0.877. The third kappa shape index (κ3) is 3.11. The van der Waals surface area contributed by atoms with E-state index in [4.69, 9.17) is 18.0 Å². The smallest absolute Gasteiger partial charge is 0.146 e. The van der Waals surface area contributed by atoms with Crippen molar-refractivity contribution in [3.8, 4) is 0 Å². The SMILES string of the molecule is CN(Cc1cc(C(N)=S)ccc1F)c1ccccc1F. The monoisotopic (exact) mass is 292 g/mol. The molecule has 104 valence electrons. The summed E-state index contributed by atoms with van der Waals surface area (Å²) in [6.45, 7) is 0.225. The molecule has 0 aromatic heterocycles. The Morgan fingerprint density at radius 1 is 1.15 bits per heavy atom. The Bertz CT molecular complexity index is 644. The van der Waals surface area contributed by atoms with E-state index in [9.17, 15) is 8.78 Å². The highest BCUT2D eigenvalue weighted by molar-refractivity contribution is 7.80. The van der Waals surface area contributed by atoms with Crippen LogP contribution in [0.3, 0.4) is 0 Å². The molecule has 0 amide bonds. The fourth-order valence-corrected chi connectivity index (χ4v) is 2.08. The number of rotatable bonds is 4. The molecule has 2 N–H and O–H groups in total. The summed E-state index contributed by atoms with van der Waals surface area (Å²) in [6.07, 6.45) is 0. The van der Waals surface area contributed by atoms with Gasteiger partial charge in [0.05, 0.1) is 5.69 Å². The highest BCUT2D eigenvalue weighted by Crippen LogP contribution is 2.21. The first-order chi connectivity index (χ1) is 9.49. The fourth-order valence-electron chi connectivity index (χ4n) is 1.95. The second kappa shape index (κ2) is 5.96. The third-order valence-corrected chi connectivity index (χ3v) is 3.24. The number of nitrogens with zero attached hydrogens (tertiary/aromatic N) is 1. The van der Waals surface area contributed by atoms with E-state index < -0.39 is 0 Å². The van der Waals surface area contributed by atoms with Crippen LogP contribution in [0, 0.1) is 11.6 Å². The molecule has 0 saturated carbocycles. The van der Waals surface area contributed by atoms with Crippen molar-refractivity contribution < 1.29 is 8.78 Å². The molecular weight excluding hydrogens is 278 g/mol. The van der Waals surface area contributed by atoms with Crippen LogP contribution in [-0.4, -0.2) is 12.0 Å². The van der Waals surface area contributed by atoms with E-state index in [0.717, 1.165) is 0 Å². The van der Waals surface area contributed by atoms with Crippen LogP contribution in [0.1, 0.15) is 11.1 Å². The van der Waals surface area contributed by atoms with E-state index >= 15 is 0 Å². The van der Waals surface area contributed by atoms with Crippen molar-refractivity contribution in [1.82, 2.24) is 0 Å². The first-order valence-electron chi connectivity index (χ1n) is 6.03. The Labute approximate surface area is 121 Å². The van der Waals surface area contributed by atoms with Crippen LogP contribution >= 0.6 is 12.2 Å². The van der Waals surface area contributed by atoms with Crippen molar-refractivity contribution >= 4 is 22.9 Å². The van der Waals surface area contributed by atoms with Gasteiger partial charge in [-0.3, -0.25) is 0 Å². The molecule has 20 heavy (non-hydrogen) atoms. The van der Waals surface area contributed by atoms with Crippen molar-refractivity contribution in [3.63, 3.8) is 0 Å². The number of para-hydroxylation sites is 1. The fraction of sp³-hybridized carbons (Fsp3) is 0.133. The van der Waals surface area contributed by atoms with Gasteiger partial charge in [-0.1, -0.05) is 24.4 Å². The molecule has 0 spiro atoms. The van der Waals surface area contributed by atoms with Gasteiger partial charge in [-0.15, -0.1) is 0 Å². The van der Waals surface area contributed by atoms with E-state index in [1.54, 1.807) is 36.2 Å². The summed E-state index contributed by atoms with van der Waals surface area (Å²) in [5, 5.41) is 0. The normalized spacial score (nSPS) is 10.3. The van der Waals surface area contributed by atoms with Gasteiger partial charge < -0.3 is 10.6 Å². The van der Waals surface area contributed by atoms with Crippen LogP contribution in [0.5, 0.6) is 0 Å². The van der Waals surface area contributed by atoms with Gasteiger partial charge in [0.2, 0.25) is 0 Å². The van der Waals surface area contributed by atoms with Gasteiger partial charge >= 0.3 is 0 Å². The van der Waals surface area contributed by atoms with Gasteiger partial charge in [-0.05, 0) is 30.3 Å². The molecular formula is C15H14F2N2S. The largest absolute Gasteiger partial charge is 0.389 e. The number of hydrogen-bond acceptors (Lipinski definition) is 2. The molecule has 0 heterocycles. The van der Waals surface area contributed by atoms with Gasteiger partial charge in [0.15, 0.2) is 0 Å². The lowest BCUT2D eigenvalue weighted by atomic mass is 10.1. The lowest BCUT2D eigenvalue weighted by Crippen LogP contribution is -2.19. The van der Waals surface area contributed by atoms with Crippen molar-refractivity contribution in [2.24, 2.45) is 5.73 Å². The maximum Gasteiger partial charge on any atom is 0.146 e. The number of nitrogens with two attached hydrogens (primary N) is 1. The Morgan fingerprint density at radius 3 is 2.50 bits per heavy atom. The van der Waals surface area contributed by atoms with Gasteiger partial charge in [-0.2, -0.15) is 0 Å². The Kier molecular flexibility index (Phi) is 4.29. The molecule has 0 radical (unpaired) electrons. The standard InChI is InChI=1S/C15H14F2N2S/c1-19(14-5-3-2-4-13(14)17)9-11-8-10(15(18)20)6-7-12(11)16/h2-8H,9H2,1H3,(H2,18,20). The second-order valence-electron chi connectivity index (χ2n) is 4.48. The summed E-state index contributed by atoms with van der Waals surface area (Å²) in [5.74, 6) is -0.714. The Morgan fingerprint density at radius 2 is 1.85 bits per heavy atom. The summed E-state index contributed by atoms with van der Waals surface area (Å²) in [4.78, 5) is 1.84. The average Bonchev–Trinajstić information content (AvgIpc) is 2.41. The predicted octanol–water partition coefficient (Wildman–Crippen LogP) is 3.24. The van der Waals surface area contributed by atoms with E-state index in [1.165, 1.54) is 18.2 Å². The third-order valence-electron chi connectivity index (χ3n) is 3.00. The van der Waals surface area contributed by atoms with Crippen LogP contribution in [0.4, 0.5) is 14.5 Å². The Balaban J connectivity index is 2.28. The molecule has 2 aromatic carbocycles. The maximum absolute atomic E-state index is 13.8. The summed E-state index contributed by atoms with van der Waals surface area (Å²) in [6, 6.07) is 10.8. The van der Waals surface area contributed by atoms with E-state index in [1.807, 2.05) is 0 Å². The Hall–Kier alpha value is -2.01. The summed E-state index contributed by atoms with van der Waals surface area (Å²) in [5.41, 5.74) is 6.96. The first-order valence-corrected chi connectivity index (χ1v) is 6.43. The minimum absolute atomic E-state index is 0.208. The van der Waals surface area contributed by atoms with E-state index in [0.29, 0.717) is 16.8 Å². The van der Waals surface area contributed by atoms with Crippen LogP contribution in [0.15, 0.2) is 42.5 Å². The van der Waals surface area contributed by atoms with Gasteiger partial charge in [0.1, 0.15) is 16.6 Å². The second-order valence-corrected chi connectivity index (χ2v) is 4.92. The summed E-state index contributed by atoms with van der Waals surface area (Å²) >= 11 is 4.87. The molecule has 2 aromatic rings. The van der Waals surface area contributed by atoms with Crippen LogP contribution in [-0.2, 0) is 6.54 Å². The first kappa shape index (κ1) is 14.4. The average molecular weight is 292 g/mol. The number of benzene rings is 2. The maximum atomic E-state index is 13.8. The van der Waals surface area contributed by atoms with Gasteiger partial charge in [-0.25, -0.2) is 8.78 Å². The summed E-state index contributed by atoms with van der Waals surface area (Å²) < 4.78 is 27.5. The molecule has 0 bridgehead atoms. The van der Waals surface area contributed by atoms with Crippen molar-refractivity contribution in [3.05, 3.63) is 65.2 Å². The lowest BCUT2D eigenvalue weighted by Gasteiger charge is -2.20. The minimum atomic E-state index is -0.367. The highest BCUT2D eigenvalue weighted by Gasteiger charge is 2.11. The molecule has 0 aliphatic heterocycles. The summed E-state index contributed by atoms with van der Waals surface area (Å²) in [7, 11) is 1.70. The number of anilines is 1. The van der Waals surface area contributed by atoms with E-state index in [2.05, 4.69) is 0 Å². The molecule has 5 heteroatoms. The van der Waals surface area contributed by atoms with Crippen LogP contribution in [0.25, 0.3) is 0 Å².